The second-order valence-electron chi connectivity index (χ2n) is 5.73. The molecule has 0 aliphatic carbocycles. The number of nitrogens with one attached hydrogen (secondary N) is 1. The molecular weight excluding hydrogens is 318 g/mol. The Morgan fingerprint density at radius 1 is 1.29 bits per heavy atom. The standard InChI is InChI=1S/C16H23NO7/c1-6-22-14(20)15-9(3)10(4)24-16(15,23-7-2)17-12(18)8-11(15)13(19)21-5/h8-10H,6-7H2,1-5H3,(H,17,18). The van der Waals surface area contributed by atoms with Crippen molar-refractivity contribution < 1.29 is 33.3 Å². The molecule has 1 saturated heterocycles. The fourth-order valence-electron chi connectivity index (χ4n) is 3.49. The summed E-state index contributed by atoms with van der Waals surface area (Å²) in [5, 5.41) is 2.57. The third-order valence-electron chi connectivity index (χ3n) is 4.60. The molecule has 0 bridgehead atoms. The first kappa shape index (κ1) is 18.4. The molecule has 0 saturated carbocycles. The molecule has 1 amide bonds. The molecule has 0 aromatic rings. The summed E-state index contributed by atoms with van der Waals surface area (Å²) in [4.78, 5) is 37.5. The average molecular weight is 341 g/mol. The maximum absolute atomic E-state index is 13.0. The third-order valence-corrected chi connectivity index (χ3v) is 4.60. The number of carbonyl (C=O) groups excluding carboxylic acids is 3. The number of amides is 1. The number of ether oxygens (including phenoxy) is 4. The molecule has 2 heterocycles. The number of hydrogen-bond acceptors (Lipinski definition) is 7. The molecule has 8 heteroatoms. The van der Waals surface area contributed by atoms with Gasteiger partial charge in [0.15, 0.2) is 5.41 Å². The van der Waals surface area contributed by atoms with Crippen LogP contribution in [-0.4, -0.2) is 50.2 Å². The minimum absolute atomic E-state index is 0.103. The van der Waals surface area contributed by atoms with Crippen LogP contribution in [-0.2, 0) is 33.3 Å². The van der Waals surface area contributed by atoms with Gasteiger partial charge in [0.05, 0.1) is 25.4 Å². The second kappa shape index (κ2) is 6.52. The molecule has 0 aromatic heterocycles. The summed E-state index contributed by atoms with van der Waals surface area (Å²) < 4.78 is 21.6. The predicted molar refractivity (Wildman–Crippen MR) is 81.4 cm³/mol. The molecule has 4 unspecified atom stereocenters. The number of rotatable bonds is 5. The highest BCUT2D eigenvalue weighted by atomic mass is 16.7. The van der Waals surface area contributed by atoms with Gasteiger partial charge in [0.25, 0.3) is 5.91 Å². The topological polar surface area (TPSA) is 100 Å². The summed E-state index contributed by atoms with van der Waals surface area (Å²) in [6, 6.07) is 0. The van der Waals surface area contributed by atoms with E-state index in [0.717, 1.165) is 6.08 Å². The van der Waals surface area contributed by atoms with Crippen LogP contribution in [0, 0.1) is 11.3 Å². The first-order chi connectivity index (χ1) is 11.3. The van der Waals surface area contributed by atoms with Gasteiger partial charge in [-0.05, 0) is 20.8 Å². The van der Waals surface area contributed by atoms with E-state index in [1.807, 2.05) is 0 Å². The van der Waals surface area contributed by atoms with Gasteiger partial charge in [-0.3, -0.25) is 9.59 Å². The molecule has 4 atom stereocenters. The molecule has 1 fully saturated rings. The SMILES string of the molecule is CCOC(=O)C12C(C(=O)OC)=CC(=O)NC1(OCC)OC(C)C2C. The van der Waals surface area contributed by atoms with E-state index in [9.17, 15) is 14.4 Å². The van der Waals surface area contributed by atoms with E-state index >= 15 is 0 Å². The Kier molecular flexibility index (Phi) is 5.00. The summed E-state index contributed by atoms with van der Waals surface area (Å²) in [5.41, 5.74) is -1.78. The van der Waals surface area contributed by atoms with E-state index in [0.29, 0.717) is 0 Å². The van der Waals surface area contributed by atoms with Crippen molar-refractivity contribution in [3.05, 3.63) is 11.6 Å². The lowest BCUT2D eigenvalue weighted by Crippen LogP contribution is -2.68. The van der Waals surface area contributed by atoms with Crippen LogP contribution in [0.4, 0.5) is 0 Å². The van der Waals surface area contributed by atoms with Gasteiger partial charge < -0.3 is 24.3 Å². The fraction of sp³-hybridized carbons (Fsp3) is 0.688. The molecule has 134 valence electrons. The van der Waals surface area contributed by atoms with Crippen LogP contribution in [0.1, 0.15) is 27.7 Å². The second-order valence-corrected chi connectivity index (χ2v) is 5.73. The summed E-state index contributed by atoms with van der Waals surface area (Å²) in [7, 11) is 1.18. The molecule has 0 radical (unpaired) electrons. The molecule has 8 nitrogen and oxygen atoms in total. The van der Waals surface area contributed by atoms with E-state index in [-0.39, 0.29) is 18.8 Å². The van der Waals surface area contributed by atoms with Crippen LogP contribution in [0.15, 0.2) is 11.6 Å². The van der Waals surface area contributed by atoms with E-state index in [4.69, 9.17) is 18.9 Å². The van der Waals surface area contributed by atoms with Gasteiger partial charge in [0.1, 0.15) is 0 Å². The van der Waals surface area contributed by atoms with Gasteiger partial charge in [0.2, 0.25) is 5.91 Å². The molecule has 2 aliphatic rings. The van der Waals surface area contributed by atoms with Crippen LogP contribution in [0.2, 0.25) is 0 Å². The van der Waals surface area contributed by atoms with Gasteiger partial charge in [0, 0.05) is 18.6 Å². The number of esters is 2. The number of fused-ring (bicyclic) bond motifs is 1. The van der Waals surface area contributed by atoms with Crippen LogP contribution >= 0.6 is 0 Å². The molecule has 2 rings (SSSR count). The summed E-state index contributed by atoms with van der Waals surface area (Å²) in [6.45, 7) is 7.09. The maximum Gasteiger partial charge on any atom is 0.335 e. The van der Waals surface area contributed by atoms with Crippen molar-refractivity contribution in [3.63, 3.8) is 0 Å². The lowest BCUT2D eigenvalue weighted by molar-refractivity contribution is -0.277. The van der Waals surface area contributed by atoms with Crippen molar-refractivity contribution in [3.8, 4) is 0 Å². The molecular formula is C16H23NO7. The van der Waals surface area contributed by atoms with E-state index in [1.54, 1.807) is 27.7 Å². The Morgan fingerprint density at radius 2 is 1.96 bits per heavy atom. The van der Waals surface area contributed by atoms with E-state index in [2.05, 4.69) is 5.32 Å². The van der Waals surface area contributed by atoms with Crippen molar-refractivity contribution in [2.45, 2.75) is 39.7 Å². The largest absolute Gasteiger partial charge is 0.466 e. The Hall–Kier alpha value is -1.93. The first-order valence-electron chi connectivity index (χ1n) is 7.92. The number of carbonyl (C=O) groups is 3. The monoisotopic (exact) mass is 341 g/mol. The van der Waals surface area contributed by atoms with Gasteiger partial charge in [-0.1, -0.05) is 6.92 Å². The van der Waals surface area contributed by atoms with Crippen molar-refractivity contribution in [2.24, 2.45) is 11.3 Å². The van der Waals surface area contributed by atoms with Crippen molar-refractivity contribution in [2.75, 3.05) is 20.3 Å². The van der Waals surface area contributed by atoms with Gasteiger partial charge in [-0.2, -0.15) is 0 Å². The van der Waals surface area contributed by atoms with Crippen molar-refractivity contribution >= 4 is 17.8 Å². The number of hydrogen-bond donors (Lipinski definition) is 1. The first-order valence-corrected chi connectivity index (χ1v) is 7.92. The normalized spacial score (nSPS) is 34.9. The van der Waals surface area contributed by atoms with Crippen molar-refractivity contribution in [1.29, 1.82) is 0 Å². The molecule has 0 aromatic carbocycles. The summed E-state index contributed by atoms with van der Waals surface area (Å²) in [6.07, 6.45) is 0.574. The third kappa shape index (κ3) is 2.32. The smallest absolute Gasteiger partial charge is 0.335 e. The summed E-state index contributed by atoms with van der Waals surface area (Å²) >= 11 is 0. The highest BCUT2D eigenvalue weighted by Crippen LogP contribution is 2.57. The summed E-state index contributed by atoms with van der Waals surface area (Å²) in [5.74, 6) is -4.43. The Morgan fingerprint density at radius 3 is 2.50 bits per heavy atom. The maximum atomic E-state index is 13.0. The Balaban J connectivity index is 2.77. The quantitative estimate of drug-likeness (QED) is 0.727. The minimum atomic E-state index is -1.82. The minimum Gasteiger partial charge on any atom is -0.466 e. The molecule has 2 aliphatic heterocycles. The zero-order chi connectivity index (χ0) is 18.1. The fourth-order valence-corrected chi connectivity index (χ4v) is 3.49. The zero-order valence-electron chi connectivity index (χ0n) is 14.5. The van der Waals surface area contributed by atoms with Gasteiger partial charge >= 0.3 is 11.9 Å². The highest BCUT2D eigenvalue weighted by Gasteiger charge is 2.75. The van der Waals surface area contributed by atoms with Crippen LogP contribution in [0.5, 0.6) is 0 Å². The zero-order valence-corrected chi connectivity index (χ0v) is 14.5. The van der Waals surface area contributed by atoms with Gasteiger partial charge in [-0.25, -0.2) is 4.79 Å². The van der Waals surface area contributed by atoms with E-state index in [1.165, 1.54) is 7.11 Å². The molecule has 0 spiro atoms. The lowest BCUT2D eigenvalue weighted by atomic mass is 9.66. The van der Waals surface area contributed by atoms with Crippen LogP contribution in [0.25, 0.3) is 0 Å². The predicted octanol–water partition coefficient (Wildman–Crippen LogP) is 0.510. The lowest BCUT2D eigenvalue weighted by Gasteiger charge is -2.45. The highest BCUT2D eigenvalue weighted by molar-refractivity contribution is 6.07. The van der Waals surface area contributed by atoms with Crippen molar-refractivity contribution in [1.82, 2.24) is 5.32 Å². The van der Waals surface area contributed by atoms with Crippen LogP contribution < -0.4 is 5.32 Å². The van der Waals surface area contributed by atoms with Gasteiger partial charge in [-0.15, -0.1) is 0 Å². The van der Waals surface area contributed by atoms with E-state index < -0.39 is 41.2 Å². The van der Waals surface area contributed by atoms with Crippen LogP contribution in [0.3, 0.4) is 0 Å². The molecule has 1 N–H and O–H groups in total. The Labute approximate surface area is 140 Å². The Bertz CT molecular complexity index is 587. The molecule has 24 heavy (non-hydrogen) atoms. The number of methoxy groups -OCH3 is 1. The average Bonchev–Trinajstić information content (AvgIpc) is 2.74.